The summed E-state index contributed by atoms with van der Waals surface area (Å²) in [6.07, 6.45) is 3.84. The third-order valence-electron chi connectivity index (χ3n) is 3.22. The Morgan fingerprint density at radius 1 is 1.42 bits per heavy atom. The van der Waals surface area contributed by atoms with Gasteiger partial charge in [-0.15, -0.1) is 11.8 Å². The Morgan fingerprint density at radius 2 is 2.21 bits per heavy atom. The molecule has 0 aromatic carbocycles. The lowest BCUT2D eigenvalue weighted by Crippen LogP contribution is -2.15. The highest BCUT2D eigenvalue weighted by molar-refractivity contribution is 8.00. The largest absolute Gasteiger partial charge is 0.310 e. The molecule has 100 valence electrons. The van der Waals surface area contributed by atoms with Crippen molar-refractivity contribution in [1.82, 2.24) is 19.6 Å². The first-order valence-corrected chi connectivity index (χ1v) is 7.04. The van der Waals surface area contributed by atoms with Gasteiger partial charge in [-0.05, 0) is 6.92 Å². The smallest absolute Gasteiger partial charge is 0.235 e. The van der Waals surface area contributed by atoms with Gasteiger partial charge in [-0.25, -0.2) is 0 Å². The van der Waals surface area contributed by atoms with Crippen molar-refractivity contribution in [2.24, 2.45) is 14.1 Å². The quantitative estimate of drug-likeness (QED) is 0.851. The number of hydrogen-bond donors (Lipinski definition) is 1. The van der Waals surface area contributed by atoms with Crippen molar-refractivity contribution in [3.8, 4) is 0 Å². The van der Waals surface area contributed by atoms with Gasteiger partial charge in [0, 0.05) is 31.4 Å². The fourth-order valence-corrected chi connectivity index (χ4v) is 3.50. The van der Waals surface area contributed by atoms with E-state index in [9.17, 15) is 4.79 Å². The number of thioether (sulfide) groups is 1. The Labute approximate surface area is 115 Å². The molecule has 0 bridgehead atoms. The monoisotopic (exact) mass is 277 g/mol. The molecule has 0 radical (unpaired) electrons. The lowest BCUT2D eigenvalue weighted by Gasteiger charge is -2.12. The molecule has 1 atom stereocenters. The molecule has 3 heterocycles. The molecular formula is C12H15N5OS. The second-order valence-electron chi connectivity index (χ2n) is 4.65. The topological polar surface area (TPSA) is 64.7 Å². The first kappa shape index (κ1) is 12.3. The highest BCUT2D eigenvalue weighted by Gasteiger charge is 2.28. The number of nitrogens with one attached hydrogen (secondary N) is 1. The number of aromatic nitrogens is 4. The maximum Gasteiger partial charge on any atom is 0.235 e. The van der Waals surface area contributed by atoms with Crippen molar-refractivity contribution in [3.05, 3.63) is 29.2 Å². The summed E-state index contributed by atoms with van der Waals surface area (Å²) in [6.45, 7) is 1.99. The Hall–Kier alpha value is -1.76. The summed E-state index contributed by atoms with van der Waals surface area (Å²) in [6, 6.07) is 0. The van der Waals surface area contributed by atoms with Crippen LogP contribution >= 0.6 is 11.8 Å². The maximum absolute atomic E-state index is 11.8. The van der Waals surface area contributed by atoms with Crippen LogP contribution < -0.4 is 5.32 Å². The molecule has 0 saturated carbocycles. The van der Waals surface area contributed by atoms with Crippen molar-refractivity contribution in [2.45, 2.75) is 12.2 Å². The van der Waals surface area contributed by atoms with Crippen LogP contribution in [0.4, 0.5) is 5.82 Å². The van der Waals surface area contributed by atoms with Gasteiger partial charge in [-0.2, -0.15) is 10.2 Å². The van der Waals surface area contributed by atoms with Gasteiger partial charge in [0.25, 0.3) is 0 Å². The maximum atomic E-state index is 11.8. The van der Waals surface area contributed by atoms with E-state index < -0.39 is 0 Å². The summed E-state index contributed by atoms with van der Waals surface area (Å²) in [7, 11) is 3.74. The third kappa shape index (κ3) is 2.03. The van der Waals surface area contributed by atoms with E-state index in [2.05, 4.69) is 15.5 Å². The van der Waals surface area contributed by atoms with Gasteiger partial charge in [0.15, 0.2) is 0 Å². The third-order valence-corrected chi connectivity index (χ3v) is 4.49. The summed E-state index contributed by atoms with van der Waals surface area (Å²) < 4.78 is 3.51. The molecule has 0 aliphatic carbocycles. The Bertz CT molecular complexity index is 645. The zero-order valence-electron chi connectivity index (χ0n) is 11.0. The molecule has 7 heteroatoms. The van der Waals surface area contributed by atoms with Crippen molar-refractivity contribution in [3.63, 3.8) is 0 Å². The van der Waals surface area contributed by atoms with E-state index in [1.54, 1.807) is 21.1 Å². The molecule has 1 aliphatic rings. The number of amides is 1. The SMILES string of the molecule is Cc1nn(C)cc1C1SCC(=O)Nc2c1cnn2C. The molecule has 6 nitrogen and oxygen atoms in total. The molecule has 0 saturated heterocycles. The van der Waals surface area contributed by atoms with Gasteiger partial charge in [-0.1, -0.05) is 0 Å². The predicted octanol–water partition coefficient (Wildman–Crippen LogP) is 1.24. The van der Waals surface area contributed by atoms with Crippen LogP contribution in [-0.2, 0) is 18.9 Å². The van der Waals surface area contributed by atoms with Crippen molar-refractivity contribution in [1.29, 1.82) is 0 Å². The van der Waals surface area contributed by atoms with Gasteiger partial charge in [-0.3, -0.25) is 14.2 Å². The second kappa shape index (κ2) is 4.41. The highest BCUT2D eigenvalue weighted by Crippen LogP contribution is 2.41. The number of carbonyl (C=O) groups excluding carboxylic acids is 1. The number of hydrogen-bond acceptors (Lipinski definition) is 4. The van der Waals surface area contributed by atoms with E-state index in [4.69, 9.17) is 0 Å². The zero-order valence-corrected chi connectivity index (χ0v) is 11.9. The molecule has 0 spiro atoms. The number of rotatable bonds is 1. The minimum atomic E-state index is 0.0129. The zero-order chi connectivity index (χ0) is 13.6. The van der Waals surface area contributed by atoms with Crippen LogP contribution in [0.1, 0.15) is 22.1 Å². The minimum absolute atomic E-state index is 0.0129. The molecule has 2 aromatic heterocycles. The van der Waals surface area contributed by atoms with Gasteiger partial charge >= 0.3 is 0 Å². The van der Waals surface area contributed by atoms with Gasteiger partial charge in [0.05, 0.1) is 22.9 Å². The van der Waals surface area contributed by atoms with E-state index in [0.717, 1.165) is 22.6 Å². The van der Waals surface area contributed by atoms with Crippen LogP contribution in [0.15, 0.2) is 12.4 Å². The molecular weight excluding hydrogens is 262 g/mol. The van der Waals surface area contributed by atoms with Crippen LogP contribution in [0.2, 0.25) is 0 Å². The lowest BCUT2D eigenvalue weighted by molar-refractivity contribution is -0.113. The highest BCUT2D eigenvalue weighted by atomic mass is 32.2. The second-order valence-corrected chi connectivity index (χ2v) is 5.75. The number of fused-ring (bicyclic) bond motifs is 1. The first-order chi connectivity index (χ1) is 9.06. The van der Waals surface area contributed by atoms with E-state index in [0.29, 0.717) is 5.75 Å². The van der Waals surface area contributed by atoms with Gasteiger partial charge in [0.1, 0.15) is 5.82 Å². The average molecular weight is 277 g/mol. The van der Waals surface area contributed by atoms with Crippen molar-refractivity contribution in [2.75, 3.05) is 11.1 Å². The first-order valence-electron chi connectivity index (χ1n) is 5.99. The lowest BCUT2D eigenvalue weighted by atomic mass is 10.1. The number of anilines is 1. The van der Waals surface area contributed by atoms with E-state index in [-0.39, 0.29) is 11.2 Å². The van der Waals surface area contributed by atoms with Gasteiger partial charge < -0.3 is 5.32 Å². The summed E-state index contributed by atoms with van der Waals surface area (Å²) in [5, 5.41) is 11.6. The number of nitrogens with zero attached hydrogens (tertiary/aromatic N) is 4. The van der Waals surface area contributed by atoms with E-state index >= 15 is 0 Å². The fourth-order valence-electron chi connectivity index (χ4n) is 2.35. The summed E-state index contributed by atoms with van der Waals surface area (Å²) >= 11 is 1.61. The molecule has 3 rings (SSSR count). The van der Waals surface area contributed by atoms with Crippen molar-refractivity contribution < 1.29 is 4.79 Å². The molecule has 1 amide bonds. The van der Waals surface area contributed by atoms with Crippen LogP contribution in [-0.4, -0.2) is 31.2 Å². The fraction of sp³-hybridized carbons (Fsp3) is 0.417. The van der Waals surface area contributed by atoms with Crippen LogP contribution in [0.3, 0.4) is 0 Å². The molecule has 2 aromatic rings. The molecule has 1 unspecified atom stereocenters. The van der Waals surface area contributed by atoms with Crippen LogP contribution in [0.25, 0.3) is 0 Å². The summed E-state index contributed by atoms with van der Waals surface area (Å²) in [5.41, 5.74) is 3.16. The standard InChI is InChI=1S/C12H15N5OS/c1-7-9(5-16(2)15-7)11-8-4-13-17(3)12(8)14-10(18)6-19-11/h4-5,11H,6H2,1-3H3,(H,14,18). The van der Waals surface area contributed by atoms with E-state index in [1.807, 2.05) is 33.4 Å². The Balaban J connectivity index is 2.11. The summed E-state index contributed by atoms with van der Waals surface area (Å²) in [5.74, 6) is 1.23. The molecule has 1 aliphatic heterocycles. The molecule has 19 heavy (non-hydrogen) atoms. The predicted molar refractivity (Wildman–Crippen MR) is 74.1 cm³/mol. The Morgan fingerprint density at radius 3 is 2.89 bits per heavy atom. The normalized spacial score (nSPS) is 18.9. The number of aryl methyl sites for hydroxylation is 3. The minimum Gasteiger partial charge on any atom is -0.310 e. The summed E-state index contributed by atoms with van der Waals surface area (Å²) in [4.78, 5) is 11.8. The molecule has 1 N–H and O–H groups in total. The van der Waals surface area contributed by atoms with Gasteiger partial charge in [0.2, 0.25) is 5.91 Å². The van der Waals surface area contributed by atoms with E-state index in [1.165, 1.54) is 0 Å². The Kier molecular flexibility index (Phi) is 2.85. The van der Waals surface area contributed by atoms with Crippen LogP contribution in [0, 0.1) is 6.92 Å². The average Bonchev–Trinajstić information content (AvgIpc) is 2.80. The van der Waals surface area contributed by atoms with Crippen molar-refractivity contribution >= 4 is 23.5 Å². The number of carbonyl (C=O) groups is 1. The van der Waals surface area contributed by atoms with Crippen LogP contribution in [0.5, 0.6) is 0 Å². The molecule has 0 fully saturated rings.